The van der Waals surface area contributed by atoms with Crippen LogP contribution in [0.5, 0.6) is 0 Å². The maximum Gasteiger partial charge on any atom is 0.243 e. The molecule has 1 amide bonds. The minimum Gasteiger partial charge on any atom is -0.349 e. The van der Waals surface area contributed by atoms with Gasteiger partial charge in [-0.1, -0.05) is 44.5 Å². The van der Waals surface area contributed by atoms with Gasteiger partial charge in [0, 0.05) is 38.0 Å². The number of benzene rings is 2. The molecule has 0 saturated carbocycles. The Labute approximate surface area is 200 Å². The van der Waals surface area contributed by atoms with Gasteiger partial charge in [0.05, 0.1) is 22.0 Å². The number of nitrogens with zero attached hydrogens (tertiary/aromatic N) is 3. The Morgan fingerprint density at radius 2 is 1.79 bits per heavy atom. The fourth-order valence-electron chi connectivity index (χ4n) is 3.93. The van der Waals surface area contributed by atoms with Crippen LogP contribution in [0.3, 0.4) is 0 Å². The maximum atomic E-state index is 12.8. The van der Waals surface area contributed by atoms with E-state index in [2.05, 4.69) is 10.3 Å². The van der Waals surface area contributed by atoms with Crippen molar-refractivity contribution < 1.29 is 13.2 Å². The monoisotopic (exact) mass is 490 g/mol. The quantitative estimate of drug-likeness (QED) is 0.454. The highest BCUT2D eigenvalue weighted by Gasteiger charge is 2.23. The number of carbonyl (C=O) groups is 1. The number of nitrogens with one attached hydrogen (secondary N) is 1. The summed E-state index contributed by atoms with van der Waals surface area (Å²) in [7, 11) is -1.68. The van der Waals surface area contributed by atoms with Crippen LogP contribution in [0, 0.1) is 0 Å². The standard InChI is InChI=1S/C24H31ClN4O3S/c1-5-20(17-8-10-18(25)11-9-17)27-24(30)15-14-23-26-21-16-19(12-13-22(21)28(23)4)33(31,32)29(6-2)7-3/h8-13,16,20H,5-7,14-15H2,1-4H3,(H,27,30). The lowest BCUT2D eigenvalue weighted by Crippen LogP contribution is -2.30. The van der Waals surface area contributed by atoms with E-state index in [0.717, 1.165) is 23.3 Å². The van der Waals surface area contributed by atoms with E-state index < -0.39 is 10.0 Å². The van der Waals surface area contributed by atoms with Gasteiger partial charge in [0.15, 0.2) is 0 Å². The molecule has 3 aromatic rings. The summed E-state index contributed by atoms with van der Waals surface area (Å²) in [6.45, 7) is 6.48. The number of sulfonamides is 1. The van der Waals surface area contributed by atoms with Crippen molar-refractivity contribution in [3.8, 4) is 0 Å². The minimum absolute atomic E-state index is 0.0614. The molecule has 33 heavy (non-hydrogen) atoms. The fraction of sp³-hybridized carbons (Fsp3) is 0.417. The number of aromatic nitrogens is 2. The van der Waals surface area contributed by atoms with Crippen molar-refractivity contribution >= 4 is 38.6 Å². The first-order chi connectivity index (χ1) is 15.7. The van der Waals surface area contributed by atoms with Crippen LogP contribution in [0.15, 0.2) is 47.4 Å². The average Bonchev–Trinajstić information content (AvgIpc) is 3.12. The Morgan fingerprint density at radius 1 is 1.12 bits per heavy atom. The summed E-state index contributed by atoms with van der Waals surface area (Å²) in [5, 5.41) is 3.74. The molecule has 0 fully saturated rings. The van der Waals surface area contributed by atoms with E-state index in [1.165, 1.54) is 4.31 Å². The zero-order chi connectivity index (χ0) is 24.2. The summed E-state index contributed by atoms with van der Waals surface area (Å²) in [6, 6.07) is 12.4. The number of hydrogen-bond acceptors (Lipinski definition) is 4. The van der Waals surface area contributed by atoms with Crippen molar-refractivity contribution in [2.75, 3.05) is 13.1 Å². The van der Waals surface area contributed by atoms with Crippen molar-refractivity contribution in [2.24, 2.45) is 7.05 Å². The van der Waals surface area contributed by atoms with E-state index >= 15 is 0 Å². The first-order valence-electron chi connectivity index (χ1n) is 11.2. The topological polar surface area (TPSA) is 84.3 Å². The Hall–Kier alpha value is -2.42. The fourth-order valence-corrected chi connectivity index (χ4v) is 5.54. The van der Waals surface area contributed by atoms with Gasteiger partial charge in [-0.15, -0.1) is 0 Å². The Kier molecular flexibility index (Phi) is 8.15. The Bertz CT molecular complexity index is 1220. The maximum absolute atomic E-state index is 12.8. The summed E-state index contributed by atoms with van der Waals surface area (Å²) in [5.74, 6) is 0.672. The molecule has 0 radical (unpaired) electrons. The predicted molar refractivity (Wildman–Crippen MR) is 132 cm³/mol. The van der Waals surface area contributed by atoms with E-state index in [9.17, 15) is 13.2 Å². The molecule has 0 bridgehead atoms. The molecule has 0 aliphatic heterocycles. The summed E-state index contributed by atoms with van der Waals surface area (Å²) >= 11 is 5.96. The summed E-state index contributed by atoms with van der Waals surface area (Å²) in [4.78, 5) is 17.5. The molecule has 1 atom stereocenters. The third-order valence-electron chi connectivity index (χ3n) is 5.88. The molecule has 7 nitrogen and oxygen atoms in total. The van der Waals surface area contributed by atoms with Crippen LogP contribution in [0.1, 0.15) is 51.0 Å². The average molecular weight is 491 g/mol. The Balaban J connectivity index is 1.73. The number of rotatable bonds is 10. The molecule has 1 aromatic heterocycles. The molecule has 1 heterocycles. The number of amides is 1. The number of carbonyl (C=O) groups excluding carboxylic acids is 1. The van der Waals surface area contributed by atoms with Crippen LogP contribution < -0.4 is 5.32 Å². The van der Waals surface area contributed by atoms with Crippen molar-refractivity contribution in [3.63, 3.8) is 0 Å². The normalized spacial score (nSPS) is 12.9. The number of imidazole rings is 1. The first-order valence-corrected chi connectivity index (χ1v) is 13.0. The molecular weight excluding hydrogens is 460 g/mol. The van der Waals surface area contributed by atoms with Gasteiger partial charge >= 0.3 is 0 Å². The van der Waals surface area contributed by atoms with Gasteiger partial charge in [0.2, 0.25) is 15.9 Å². The number of hydrogen-bond donors (Lipinski definition) is 1. The third kappa shape index (κ3) is 5.57. The van der Waals surface area contributed by atoms with Crippen molar-refractivity contribution in [1.29, 1.82) is 0 Å². The number of fused-ring (bicyclic) bond motifs is 1. The highest BCUT2D eigenvalue weighted by atomic mass is 35.5. The van der Waals surface area contributed by atoms with Crippen molar-refractivity contribution in [2.45, 2.75) is 51.0 Å². The van der Waals surface area contributed by atoms with Crippen LogP contribution in [0.25, 0.3) is 11.0 Å². The van der Waals surface area contributed by atoms with Crippen LogP contribution in [-0.4, -0.2) is 41.3 Å². The molecule has 0 saturated heterocycles. The van der Waals surface area contributed by atoms with E-state index in [1.807, 2.05) is 56.7 Å². The summed E-state index contributed by atoms with van der Waals surface area (Å²) in [5.41, 5.74) is 2.45. The van der Waals surface area contributed by atoms with E-state index in [1.54, 1.807) is 18.2 Å². The number of aryl methyl sites for hydroxylation is 2. The van der Waals surface area contributed by atoms with Gasteiger partial charge in [-0.05, 0) is 42.3 Å². The summed E-state index contributed by atoms with van der Waals surface area (Å²) < 4.78 is 29.0. The molecule has 178 valence electrons. The second-order valence-corrected chi connectivity index (χ2v) is 10.3. The largest absolute Gasteiger partial charge is 0.349 e. The lowest BCUT2D eigenvalue weighted by atomic mass is 10.0. The molecule has 0 aliphatic rings. The van der Waals surface area contributed by atoms with Crippen LogP contribution in [0.2, 0.25) is 5.02 Å². The molecule has 0 spiro atoms. The number of halogens is 1. The predicted octanol–water partition coefficient (Wildman–Crippen LogP) is 4.46. The van der Waals surface area contributed by atoms with Gasteiger partial charge in [-0.3, -0.25) is 4.79 Å². The SMILES string of the molecule is CCC(NC(=O)CCc1nc2cc(S(=O)(=O)N(CC)CC)ccc2n1C)c1ccc(Cl)cc1. The second-order valence-electron chi connectivity index (χ2n) is 7.91. The molecule has 1 unspecified atom stereocenters. The lowest BCUT2D eigenvalue weighted by Gasteiger charge is -2.18. The van der Waals surface area contributed by atoms with Crippen LogP contribution >= 0.6 is 11.6 Å². The van der Waals surface area contributed by atoms with Gasteiger partial charge in [0.25, 0.3) is 0 Å². The third-order valence-corrected chi connectivity index (χ3v) is 8.18. The zero-order valence-corrected chi connectivity index (χ0v) is 21.1. The van der Waals surface area contributed by atoms with Gasteiger partial charge in [-0.25, -0.2) is 13.4 Å². The molecule has 2 aromatic carbocycles. The zero-order valence-electron chi connectivity index (χ0n) is 19.5. The first kappa shape index (κ1) is 25.2. The van der Waals surface area contributed by atoms with Crippen molar-refractivity contribution in [3.05, 3.63) is 58.9 Å². The minimum atomic E-state index is -3.56. The Morgan fingerprint density at radius 3 is 2.39 bits per heavy atom. The van der Waals surface area contributed by atoms with Crippen LogP contribution in [-0.2, 0) is 28.3 Å². The molecule has 9 heteroatoms. The van der Waals surface area contributed by atoms with Gasteiger partial charge in [0.1, 0.15) is 5.82 Å². The van der Waals surface area contributed by atoms with Crippen LogP contribution in [0.4, 0.5) is 0 Å². The highest BCUT2D eigenvalue weighted by Crippen LogP contribution is 2.23. The highest BCUT2D eigenvalue weighted by molar-refractivity contribution is 7.89. The lowest BCUT2D eigenvalue weighted by molar-refractivity contribution is -0.121. The molecular formula is C24H31ClN4O3S. The second kappa shape index (κ2) is 10.7. The van der Waals surface area contributed by atoms with Crippen molar-refractivity contribution in [1.82, 2.24) is 19.2 Å². The smallest absolute Gasteiger partial charge is 0.243 e. The van der Waals surface area contributed by atoms with Gasteiger partial charge in [-0.2, -0.15) is 4.31 Å². The molecule has 0 aliphatic carbocycles. The van der Waals surface area contributed by atoms with E-state index in [0.29, 0.717) is 30.0 Å². The van der Waals surface area contributed by atoms with E-state index in [-0.39, 0.29) is 23.3 Å². The van der Waals surface area contributed by atoms with Gasteiger partial charge < -0.3 is 9.88 Å². The summed E-state index contributed by atoms with van der Waals surface area (Å²) in [6.07, 6.45) is 1.50. The molecule has 1 N–H and O–H groups in total. The van der Waals surface area contributed by atoms with E-state index in [4.69, 9.17) is 11.6 Å². The molecule has 3 rings (SSSR count).